The van der Waals surface area contributed by atoms with Gasteiger partial charge in [0.2, 0.25) is 11.8 Å². The molecular formula is C14H21N3O2. The Hall–Kier alpha value is -1.88. The van der Waals surface area contributed by atoms with E-state index < -0.39 is 0 Å². The predicted octanol–water partition coefficient (Wildman–Crippen LogP) is 1.05. The molecule has 0 atom stereocenters. The molecule has 0 radical (unpaired) electrons. The second-order valence-corrected chi connectivity index (χ2v) is 4.29. The lowest BCUT2D eigenvalue weighted by Crippen LogP contribution is -2.32. The van der Waals surface area contributed by atoms with Crippen molar-refractivity contribution in [3.63, 3.8) is 0 Å². The number of hydrogen-bond donors (Lipinski definition) is 3. The third-order valence-corrected chi connectivity index (χ3v) is 2.52. The molecule has 0 fully saturated rings. The van der Waals surface area contributed by atoms with Crippen molar-refractivity contribution >= 4 is 17.5 Å². The van der Waals surface area contributed by atoms with Gasteiger partial charge in [0.1, 0.15) is 0 Å². The third-order valence-electron chi connectivity index (χ3n) is 2.52. The normalized spacial score (nSPS) is 10.0. The minimum Gasteiger partial charge on any atom is -0.356 e. The molecule has 5 nitrogen and oxygen atoms in total. The molecule has 0 saturated heterocycles. The fraction of sp³-hybridized carbons (Fsp3) is 0.429. The number of nitrogens with one attached hydrogen (secondary N) is 3. The van der Waals surface area contributed by atoms with E-state index in [-0.39, 0.29) is 18.4 Å². The molecule has 0 aliphatic heterocycles. The Morgan fingerprint density at radius 3 is 2.42 bits per heavy atom. The van der Waals surface area contributed by atoms with Crippen LogP contribution in [0.1, 0.15) is 18.9 Å². The van der Waals surface area contributed by atoms with E-state index in [4.69, 9.17) is 0 Å². The van der Waals surface area contributed by atoms with Crippen molar-refractivity contribution in [3.05, 3.63) is 29.8 Å². The minimum absolute atomic E-state index is 0.00561. The van der Waals surface area contributed by atoms with Gasteiger partial charge in [0.15, 0.2) is 0 Å². The van der Waals surface area contributed by atoms with Gasteiger partial charge in [0.25, 0.3) is 0 Å². The van der Waals surface area contributed by atoms with E-state index in [1.165, 1.54) is 0 Å². The molecule has 19 heavy (non-hydrogen) atoms. The van der Waals surface area contributed by atoms with Gasteiger partial charge in [0, 0.05) is 25.2 Å². The highest BCUT2D eigenvalue weighted by Gasteiger charge is 2.03. The summed E-state index contributed by atoms with van der Waals surface area (Å²) in [5.41, 5.74) is 1.93. The zero-order valence-electron chi connectivity index (χ0n) is 11.5. The topological polar surface area (TPSA) is 70.2 Å². The molecule has 0 bridgehead atoms. The maximum Gasteiger partial charge on any atom is 0.238 e. The second kappa shape index (κ2) is 8.26. The van der Waals surface area contributed by atoms with Crippen molar-refractivity contribution in [1.29, 1.82) is 0 Å². The first-order valence-electron chi connectivity index (χ1n) is 6.45. The zero-order valence-corrected chi connectivity index (χ0v) is 11.5. The molecule has 0 saturated carbocycles. The summed E-state index contributed by atoms with van der Waals surface area (Å²) in [6.07, 6.45) is 0.381. The van der Waals surface area contributed by atoms with Gasteiger partial charge in [-0.1, -0.05) is 17.7 Å². The lowest BCUT2D eigenvalue weighted by atomic mass is 10.2. The summed E-state index contributed by atoms with van der Waals surface area (Å²) in [4.78, 5) is 22.8. The molecule has 2 amide bonds. The highest BCUT2D eigenvalue weighted by molar-refractivity contribution is 5.92. The molecule has 104 valence electrons. The van der Waals surface area contributed by atoms with E-state index in [9.17, 15) is 9.59 Å². The summed E-state index contributed by atoms with van der Waals surface area (Å²) in [6.45, 7) is 5.20. The lowest BCUT2D eigenvalue weighted by Gasteiger charge is -2.07. The number of anilines is 1. The largest absolute Gasteiger partial charge is 0.356 e. The average molecular weight is 263 g/mol. The number of hydrogen-bond acceptors (Lipinski definition) is 3. The summed E-state index contributed by atoms with van der Waals surface area (Å²) < 4.78 is 0. The van der Waals surface area contributed by atoms with Crippen LogP contribution in [0.5, 0.6) is 0 Å². The number of rotatable bonds is 7. The van der Waals surface area contributed by atoms with Gasteiger partial charge in [-0.15, -0.1) is 0 Å². The van der Waals surface area contributed by atoms with Crippen LogP contribution in [0.15, 0.2) is 24.3 Å². The van der Waals surface area contributed by atoms with Crippen LogP contribution in [0.2, 0.25) is 0 Å². The summed E-state index contributed by atoms with van der Waals surface area (Å²) in [5, 5.41) is 8.41. The second-order valence-electron chi connectivity index (χ2n) is 4.29. The summed E-state index contributed by atoms with van der Waals surface area (Å²) in [7, 11) is 0. The Labute approximate surface area is 113 Å². The Balaban J connectivity index is 2.18. The number of aryl methyl sites for hydroxylation is 1. The van der Waals surface area contributed by atoms with Crippen molar-refractivity contribution in [2.75, 3.05) is 25.0 Å². The fourth-order valence-electron chi connectivity index (χ4n) is 1.53. The zero-order chi connectivity index (χ0) is 14.1. The van der Waals surface area contributed by atoms with Gasteiger partial charge in [-0.3, -0.25) is 9.59 Å². The quantitative estimate of drug-likeness (QED) is 0.644. The smallest absolute Gasteiger partial charge is 0.238 e. The molecule has 3 N–H and O–H groups in total. The molecule has 1 rings (SSSR count). The summed E-state index contributed by atoms with van der Waals surface area (Å²) >= 11 is 0. The van der Waals surface area contributed by atoms with Gasteiger partial charge >= 0.3 is 0 Å². The van der Waals surface area contributed by atoms with Gasteiger partial charge in [-0.2, -0.15) is 0 Å². The monoisotopic (exact) mass is 263 g/mol. The van der Waals surface area contributed by atoms with E-state index >= 15 is 0 Å². The van der Waals surface area contributed by atoms with E-state index in [0.717, 1.165) is 11.3 Å². The molecule has 0 heterocycles. The molecule has 1 aromatic carbocycles. The standard InChI is InChI=1S/C14H21N3O2/c1-3-16-13(18)8-9-15-10-14(19)17-12-6-4-11(2)5-7-12/h4-7,15H,3,8-10H2,1-2H3,(H,16,18)(H,17,19). The molecule has 0 aliphatic carbocycles. The Morgan fingerprint density at radius 1 is 1.11 bits per heavy atom. The van der Waals surface area contributed by atoms with Gasteiger partial charge in [0.05, 0.1) is 6.54 Å². The first-order valence-corrected chi connectivity index (χ1v) is 6.45. The van der Waals surface area contributed by atoms with Crippen molar-refractivity contribution in [2.45, 2.75) is 20.3 Å². The van der Waals surface area contributed by atoms with Crippen LogP contribution in [0, 0.1) is 6.92 Å². The average Bonchev–Trinajstić information content (AvgIpc) is 2.38. The van der Waals surface area contributed by atoms with Crippen LogP contribution in [-0.2, 0) is 9.59 Å². The molecule has 5 heteroatoms. The van der Waals surface area contributed by atoms with Gasteiger partial charge in [-0.25, -0.2) is 0 Å². The van der Waals surface area contributed by atoms with Crippen LogP contribution >= 0.6 is 0 Å². The van der Waals surface area contributed by atoms with Crippen molar-refractivity contribution in [1.82, 2.24) is 10.6 Å². The van der Waals surface area contributed by atoms with Crippen molar-refractivity contribution in [3.8, 4) is 0 Å². The molecular weight excluding hydrogens is 242 g/mol. The van der Waals surface area contributed by atoms with Crippen LogP contribution in [0.4, 0.5) is 5.69 Å². The SMILES string of the molecule is CCNC(=O)CCNCC(=O)Nc1ccc(C)cc1. The summed E-state index contributed by atoms with van der Waals surface area (Å²) in [6, 6.07) is 7.61. The highest BCUT2D eigenvalue weighted by atomic mass is 16.2. The number of carbonyl (C=O) groups is 2. The third kappa shape index (κ3) is 6.57. The van der Waals surface area contributed by atoms with E-state index in [0.29, 0.717) is 19.5 Å². The minimum atomic E-state index is -0.111. The lowest BCUT2D eigenvalue weighted by molar-refractivity contribution is -0.121. The van der Waals surface area contributed by atoms with Gasteiger partial charge in [-0.05, 0) is 26.0 Å². The van der Waals surface area contributed by atoms with E-state index in [1.54, 1.807) is 0 Å². The van der Waals surface area contributed by atoms with Crippen LogP contribution in [0.25, 0.3) is 0 Å². The van der Waals surface area contributed by atoms with Crippen LogP contribution in [0.3, 0.4) is 0 Å². The van der Waals surface area contributed by atoms with Crippen LogP contribution in [-0.4, -0.2) is 31.4 Å². The van der Waals surface area contributed by atoms with Crippen molar-refractivity contribution in [2.24, 2.45) is 0 Å². The van der Waals surface area contributed by atoms with Crippen molar-refractivity contribution < 1.29 is 9.59 Å². The number of benzene rings is 1. The number of amides is 2. The molecule has 0 aliphatic rings. The van der Waals surface area contributed by atoms with Crippen LogP contribution < -0.4 is 16.0 Å². The Bertz CT molecular complexity index is 415. The maximum atomic E-state index is 11.6. The first-order chi connectivity index (χ1) is 9.11. The molecule has 0 unspecified atom stereocenters. The Kier molecular flexibility index (Phi) is 6.60. The maximum absolute atomic E-state index is 11.6. The molecule has 0 spiro atoms. The highest BCUT2D eigenvalue weighted by Crippen LogP contribution is 2.07. The van der Waals surface area contributed by atoms with E-state index in [1.807, 2.05) is 38.1 Å². The molecule has 1 aromatic rings. The first kappa shape index (κ1) is 15.2. The number of carbonyl (C=O) groups excluding carboxylic acids is 2. The predicted molar refractivity (Wildman–Crippen MR) is 76.0 cm³/mol. The van der Waals surface area contributed by atoms with Gasteiger partial charge < -0.3 is 16.0 Å². The van der Waals surface area contributed by atoms with E-state index in [2.05, 4.69) is 16.0 Å². The fourth-order valence-corrected chi connectivity index (χ4v) is 1.53. The molecule has 0 aromatic heterocycles. The summed E-state index contributed by atoms with van der Waals surface area (Å²) in [5.74, 6) is -0.117. The Morgan fingerprint density at radius 2 is 1.79 bits per heavy atom.